The molecule has 1 amide bonds. The van der Waals surface area contributed by atoms with E-state index in [1.165, 1.54) is 6.20 Å². The Morgan fingerprint density at radius 2 is 1.85 bits per heavy atom. The Bertz CT molecular complexity index is 1190. The van der Waals surface area contributed by atoms with Crippen molar-refractivity contribution in [3.05, 3.63) is 75.3 Å². The van der Waals surface area contributed by atoms with Gasteiger partial charge in [0.1, 0.15) is 0 Å². The zero-order valence-corrected chi connectivity index (χ0v) is 19.4. The number of hydrogen-bond acceptors (Lipinski definition) is 6. The van der Waals surface area contributed by atoms with Crippen LogP contribution < -0.4 is 5.32 Å². The summed E-state index contributed by atoms with van der Waals surface area (Å²) in [4.78, 5) is 22.3. The number of nitrogens with zero attached hydrogens (tertiary/aromatic N) is 5. The summed E-state index contributed by atoms with van der Waals surface area (Å²) < 4.78 is 38.3. The first-order valence-corrected chi connectivity index (χ1v) is 11.0. The molecule has 0 bridgehead atoms. The van der Waals surface area contributed by atoms with Crippen LogP contribution in [-0.4, -0.2) is 50.6 Å². The molecule has 1 fully saturated rings. The van der Waals surface area contributed by atoms with E-state index in [1.807, 2.05) is 6.07 Å². The van der Waals surface area contributed by atoms with E-state index in [-0.39, 0.29) is 23.7 Å². The van der Waals surface area contributed by atoms with Gasteiger partial charge in [-0.1, -0.05) is 29.3 Å². The number of halogens is 5. The van der Waals surface area contributed by atoms with Crippen molar-refractivity contribution in [1.82, 2.24) is 25.1 Å². The Labute approximate surface area is 203 Å². The van der Waals surface area contributed by atoms with Gasteiger partial charge in [0.05, 0.1) is 33.1 Å². The predicted molar refractivity (Wildman–Crippen MR) is 121 cm³/mol. The summed E-state index contributed by atoms with van der Waals surface area (Å²) in [6.07, 6.45) is -1.63. The fourth-order valence-corrected chi connectivity index (χ4v) is 4.23. The van der Waals surface area contributed by atoms with Gasteiger partial charge in [-0.05, 0) is 30.7 Å². The van der Waals surface area contributed by atoms with Crippen LogP contribution in [0.25, 0.3) is 0 Å². The van der Waals surface area contributed by atoms with E-state index in [0.29, 0.717) is 40.9 Å². The van der Waals surface area contributed by atoms with Gasteiger partial charge in [0.25, 0.3) is 5.91 Å². The average Bonchev–Trinajstić information content (AvgIpc) is 3.23. The summed E-state index contributed by atoms with van der Waals surface area (Å²) >= 11 is 12.3. The van der Waals surface area contributed by atoms with E-state index < -0.39 is 11.7 Å². The van der Waals surface area contributed by atoms with Crippen LogP contribution in [0.2, 0.25) is 10.0 Å². The number of carbonyl (C=O) groups excluding carboxylic acids is 1. The second-order valence-electron chi connectivity index (χ2n) is 8.01. The van der Waals surface area contributed by atoms with Crippen LogP contribution in [0.4, 0.5) is 19.1 Å². The first kappa shape index (κ1) is 24.2. The smallest absolute Gasteiger partial charge is 0.354 e. The van der Waals surface area contributed by atoms with E-state index in [1.54, 1.807) is 30.0 Å². The van der Waals surface area contributed by atoms with Gasteiger partial charge in [-0.3, -0.25) is 4.79 Å². The number of alkyl halides is 3. The van der Waals surface area contributed by atoms with Crippen LogP contribution in [0, 0.1) is 12.8 Å². The van der Waals surface area contributed by atoms with Crippen molar-refractivity contribution in [1.29, 1.82) is 0 Å². The molecule has 34 heavy (non-hydrogen) atoms. The monoisotopic (exact) mass is 510 g/mol. The van der Waals surface area contributed by atoms with Gasteiger partial charge < -0.3 is 10.2 Å². The molecule has 0 aliphatic carbocycles. The molecule has 3 heterocycles. The van der Waals surface area contributed by atoms with E-state index >= 15 is 0 Å². The number of aryl methyl sites for hydroxylation is 1. The number of likely N-dealkylation sites (tertiary alicyclic amines) is 1. The quantitative estimate of drug-likeness (QED) is 0.527. The summed E-state index contributed by atoms with van der Waals surface area (Å²) in [5, 5.41) is 11.6. The third kappa shape index (κ3) is 5.39. The van der Waals surface area contributed by atoms with Gasteiger partial charge in [0.2, 0.25) is 5.95 Å². The van der Waals surface area contributed by atoms with Gasteiger partial charge in [0, 0.05) is 43.9 Å². The molecule has 12 heteroatoms. The second-order valence-corrected chi connectivity index (χ2v) is 8.82. The average molecular weight is 511 g/mol. The molecule has 0 saturated carbocycles. The van der Waals surface area contributed by atoms with E-state index in [4.69, 9.17) is 23.2 Å². The van der Waals surface area contributed by atoms with Gasteiger partial charge in [-0.25, -0.2) is 9.97 Å². The molecule has 0 radical (unpaired) electrons. The molecule has 1 saturated heterocycles. The maximum Gasteiger partial charge on any atom is 0.419 e. The SMILES string of the molecule is Cc1cc(C(=O)N2CC(CNc3ncc(C(F)(F)F)cn3)C(c3ccc(Cl)c(Cl)c3)C2)cnn1. The highest BCUT2D eigenvalue weighted by atomic mass is 35.5. The predicted octanol–water partition coefficient (Wildman–Crippen LogP) is 4.87. The normalized spacial score (nSPS) is 18.2. The molecule has 0 spiro atoms. The van der Waals surface area contributed by atoms with Crippen LogP contribution in [0.1, 0.15) is 33.1 Å². The maximum atomic E-state index is 13.1. The summed E-state index contributed by atoms with van der Waals surface area (Å²) in [5.74, 6) is -0.310. The highest BCUT2D eigenvalue weighted by molar-refractivity contribution is 6.42. The summed E-state index contributed by atoms with van der Waals surface area (Å²) in [7, 11) is 0. The molecule has 1 aliphatic rings. The topological polar surface area (TPSA) is 83.9 Å². The van der Waals surface area contributed by atoms with Crippen LogP contribution in [0.5, 0.6) is 0 Å². The molecule has 3 aromatic rings. The van der Waals surface area contributed by atoms with E-state index in [0.717, 1.165) is 18.0 Å². The van der Waals surface area contributed by atoms with Crippen molar-refractivity contribution in [2.24, 2.45) is 5.92 Å². The largest absolute Gasteiger partial charge is 0.419 e. The Morgan fingerprint density at radius 3 is 2.50 bits per heavy atom. The molecule has 2 atom stereocenters. The highest BCUT2D eigenvalue weighted by Crippen LogP contribution is 2.36. The minimum atomic E-state index is -4.51. The van der Waals surface area contributed by atoms with Crippen molar-refractivity contribution in [2.75, 3.05) is 25.0 Å². The van der Waals surface area contributed by atoms with Gasteiger partial charge in [0.15, 0.2) is 0 Å². The standard InChI is InChI=1S/C22H19Cl2F3N6O/c1-12-4-14(7-31-32-12)20(34)33-10-15(17(11-33)13-2-3-18(23)19(24)5-13)6-28-21-29-8-16(9-30-21)22(25,26)27/h2-5,7-9,15,17H,6,10-11H2,1H3,(H,28,29,30). The Hall–Kier alpha value is -2.98. The lowest BCUT2D eigenvalue weighted by molar-refractivity contribution is -0.138. The number of anilines is 1. The summed E-state index contributed by atoms with van der Waals surface area (Å²) in [5.41, 5.74) is 1.03. The van der Waals surface area contributed by atoms with Crippen molar-refractivity contribution < 1.29 is 18.0 Å². The molecule has 1 aliphatic heterocycles. The van der Waals surface area contributed by atoms with Crippen molar-refractivity contribution >= 4 is 35.1 Å². The van der Waals surface area contributed by atoms with Gasteiger partial charge in [-0.15, -0.1) is 0 Å². The minimum absolute atomic E-state index is 0.0691. The van der Waals surface area contributed by atoms with E-state index in [2.05, 4.69) is 25.5 Å². The van der Waals surface area contributed by atoms with Crippen molar-refractivity contribution in [3.8, 4) is 0 Å². The zero-order chi connectivity index (χ0) is 24.5. The molecule has 2 unspecified atom stereocenters. The van der Waals surface area contributed by atoms with Gasteiger partial charge in [-0.2, -0.15) is 23.4 Å². The lowest BCUT2D eigenvalue weighted by Crippen LogP contribution is -2.30. The first-order valence-electron chi connectivity index (χ1n) is 10.3. The van der Waals surface area contributed by atoms with Crippen LogP contribution in [0.3, 0.4) is 0 Å². The fraction of sp³-hybridized carbons (Fsp3) is 0.318. The molecular formula is C22H19Cl2F3N6O. The molecule has 4 rings (SSSR count). The number of hydrogen-bond donors (Lipinski definition) is 1. The summed E-state index contributed by atoms with van der Waals surface area (Å²) in [6.45, 7) is 2.90. The number of amides is 1. The van der Waals surface area contributed by atoms with Crippen LogP contribution in [-0.2, 0) is 6.18 Å². The highest BCUT2D eigenvalue weighted by Gasteiger charge is 2.37. The van der Waals surface area contributed by atoms with Crippen LogP contribution in [0.15, 0.2) is 42.9 Å². The second kappa shape index (κ2) is 9.71. The number of nitrogens with one attached hydrogen (secondary N) is 1. The third-order valence-electron chi connectivity index (χ3n) is 5.63. The van der Waals surface area contributed by atoms with E-state index in [9.17, 15) is 18.0 Å². The first-order chi connectivity index (χ1) is 16.1. The van der Waals surface area contributed by atoms with Crippen LogP contribution >= 0.6 is 23.2 Å². The minimum Gasteiger partial charge on any atom is -0.354 e. The number of benzene rings is 1. The molecular weight excluding hydrogens is 492 g/mol. The Kier molecular flexibility index (Phi) is 6.90. The number of rotatable bonds is 5. The number of aromatic nitrogens is 4. The lowest BCUT2D eigenvalue weighted by Gasteiger charge is -2.19. The Morgan fingerprint density at radius 1 is 1.12 bits per heavy atom. The zero-order valence-electron chi connectivity index (χ0n) is 17.9. The molecule has 7 nitrogen and oxygen atoms in total. The van der Waals surface area contributed by atoms with Crippen molar-refractivity contribution in [3.63, 3.8) is 0 Å². The maximum absolute atomic E-state index is 13.1. The fourth-order valence-electron chi connectivity index (χ4n) is 3.93. The molecule has 2 aromatic heterocycles. The summed E-state index contributed by atoms with van der Waals surface area (Å²) in [6, 6.07) is 6.99. The molecule has 1 aromatic carbocycles. The molecule has 178 valence electrons. The third-order valence-corrected chi connectivity index (χ3v) is 6.36. The van der Waals surface area contributed by atoms with Gasteiger partial charge >= 0.3 is 6.18 Å². The van der Waals surface area contributed by atoms with Crippen molar-refractivity contribution in [2.45, 2.75) is 19.0 Å². The Balaban J connectivity index is 1.54. The lowest BCUT2D eigenvalue weighted by atomic mass is 9.89. The number of carbonyl (C=O) groups is 1. The molecule has 1 N–H and O–H groups in total.